The molecular formula is C38H40NO8P. The summed E-state index contributed by atoms with van der Waals surface area (Å²) in [4.78, 5) is 13.6. The second kappa shape index (κ2) is 19.8. The Morgan fingerprint density at radius 2 is 1.17 bits per heavy atom. The van der Waals surface area contributed by atoms with Gasteiger partial charge in [-0.3, -0.25) is 0 Å². The molecule has 9 nitrogen and oxygen atoms in total. The van der Waals surface area contributed by atoms with Crippen LogP contribution in [-0.2, 0) is 52.6 Å². The van der Waals surface area contributed by atoms with Gasteiger partial charge >= 0.3 is 5.97 Å². The Hall–Kier alpha value is -3.97. The fourth-order valence-electron chi connectivity index (χ4n) is 5.26. The summed E-state index contributed by atoms with van der Waals surface area (Å²) in [5.41, 5.74) is 3.33. The van der Waals surface area contributed by atoms with Crippen LogP contribution in [0.2, 0.25) is 0 Å². The third kappa shape index (κ3) is 11.0. The molecule has 0 aromatic heterocycles. The zero-order valence-corrected chi connectivity index (χ0v) is 27.6. The number of nitrogens with zero attached hydrogens (tertiary/aromatic N) is 1. The topological polar surface area (TPSA) is 105 Å². The van der Waals surface area contributed by atoms with Crippen LogP contribution in [0.15, 0.2) is 121 Å². The normalized spacial score (nSPS) is 20.8. The molecule has 0 N–H and O–H groups in total. The molecule has 1 aliphatic heterocycles. The summed E-state index contributed by atoms with van der Waals surface area (Å²) in [5, 5.41) is 8.84. The van der Waals surface area contributed by atoms with Crippen molar-refractivity contribution in [3.05, 3.63) is 144 Å². The number of hydrogen-bond acceptors (Lipinski definition) is 9. The fraction of sp³-hybridized carbons (Fsp3) is 0.316. The summed E-state index contributed by atoms with van der Waals surface area (Å²) >= 11 is 0. The lowest BCUT2D eigenvalue weighted by molar-refractivity contribution is -0.263. The van der Waals surface area contributed by atoms with Crippen LogP contribution in [-0.4, -0.2) is 56.3 Å². The van der Waals surface area contributed by atoms with E-state index >= 15 is 0 Å². The molecule has 0 saturated carbocycles. The van der Waals surface area contributed by atoms with Crippen LogP contribution in [0.25, 0.3) is 0 Å². The molecule has 1 aliphatic rings. The van der Waals surface area contributed by atoms with Gasteiger partial charge in [0.15, 0.2) is 15.1 Å². The molecule has 0 amide bonds. The van der Waals surface area contributed by atoms with Crippen molar-refractivity contribution in [3.63, 3.8) is 0 Å². The average molecular weight is 670 g/mol. The minimum absolute atomic E-state index is 0.115. The Labute approximate surface area is 283 Å². The van der Waals surface area contributed by atoms with Crippen LogP contribution in [0.3, 0.4) is 0 Å². The lowest BCUT2D eigenvalue weighted by Crippen LogP contribution is -2.62. The summed E-state index contributed by atoms with van der Waals surface area (Å²) in [6.45, 7) is 1.37. The van der Waals surface area contributed by atoms with Crippen molar-refractivity contribution in [2.45, 2.75) is 56.8 Å². The van der Waals surface area contributed by atoms with Crippen LogP contribution in [0.4, 0.5) is 0 Å². The van der Waals surface area contributed by atoms with E-state index in [0.717, 1.165) is 16.7 Å². The Kier molecular flexibility index (Phi) is 14.5. The number of rotatable bonds is 18. The second-order valence-corrected chi connectivity index (χ2v) is 11.9. The molecule has 4 aromatic carbocycles. The molecule has 1 saturated heterocycles. The van der Waals surface area contributed by atoms with Crippen molar-refractivity contribution >= 4 is 15.0 Å². The molecule has 0 aliphatic carbocycles. The van der Waals surface area contributed by atoms with Crippen molar-refractivity contribution in [1.82, 2.24) is 0 Å². The van der Waals surface area contributed by atoms with Gasteiger partial charge in [-0.05, 0) is 28.8 Å². The van der Waals surface area contributed by atoms with Gasteiger partial charge < -0.3 is 32.7 Å². The molecule has 0 radical (unpaired) electrons. The zero-order chi connectivity index (χ0) is 33.2. The first-order valence-electron chi connectivity index (χ1n) is 15.9. The SMILES string of the molecule is N#CCCOPOC[C@@H]1O[C@H](COCc2ccccc2)C(OC(=O)c2ccccc2)C(OCc2ccccc2)C1OCc1ccccc1. The Bertz CT molecular complexity index is 1520. The van der Waals surface area contributed by atoms with Crippen molar-refractivity contribution in [1.29, 1.82) is 5.26 Å². The van der Waals surface area contributed by atoms with E-state index in [1.54, 1.807) is 24.3 Å². The number of hydrogen-bond donors (Lipinski definition) is 0. The van der Waals surface area contributed by atoms with Crippen molar-refractivity contribution < 1.29 is 37.5 Å². The second-order valence-electron chi connectivity index (χ2n) is 11.1. The van der Waals surface area contributed by atoms with Gasteiger partial charge in [-0.1, -0.05) is 109 Å². The van der Waals surface area contributed by atoms with E-state index in [1.807, 2.05) is 97.1 Å². The largest absolute Gasteiger partial charge is 0.453 e. The summed E-state index contributed by atoms with van der Waals surface area (Å²) in [7, 11) is -0.297. The van der Waals surface area contributed by atoms with Crippen LogP contribution in [0, 0.1) is 11.3 Å². The molecule has 4 aromatic rings. The Morgan fingerprint density at radius 3 is 1.75 bits per heavy atom. The van der Waals surface area contributed by atoms with Gasteiger partial charge in [0.05, 0.1) is 57.7 Å². The first-order chi connectivity index (χ1) is 23.7. The number of esters is 1. The van der Waals surface area contributed by atoms with E-state index in [1.165, 1.54) is 0 Å². The van der Waals surface area contributed by atoms with Gasteiger partial charge in [-0.2, -0.15) is 5.26 Å². The van der Waals surface area contributed by atoms with Crippen molar-refractivity contribution in [3.8, 4) is 6.07 Å². The lowest BCUT2D eigenvalue weighted by atomic mass is 9.94. The van der Waals surface area contributed by atoms with Crippen LogP contribution in [0.5, 0.6) is 0 Å². The van der Waals surface area contributed by atoms with E-state index in [2.05, 4.69) is 6.07 Å². The maximum absolute atomic E-state index is 13.6. The number of carbonyl (C=O) groups is 1. The molecule has 250 valence electrons. The predicted octanol–water partition coefficient (Wildman–Crippen LogP) is 6.82. The Balaban J connectivity index is 1.43. The van der Waals surface area contributed by atoms with E-state index in [9.17, 15) is 4.79 Å². The summed E-state index contributed by atoms with van der Waals surface area (Å²) in [6, 6.07) is 40.3. The van der Waals surface area contributed by atoms with Crippen LogP contribution in [0.1, 0.15) is 33.5 Å². The zero-order valence-electron chi connectivity index (χ0n) is 26.6. The fourth-order valence-corrected chi connectivity index (χ4v) is 5.76. The number of carbonyl (C=O) groups excluding carboxylic acids is 1. The maximum atomic E-state index is 13.6. The molecule has 6 atom stereocenters. The van der Waals surface area contributed by atoms with E-state index < -0.39 is 36.5 Å². The number of ether oxygens (including phenoxy) is 5. The van der Waals surface area contributed by atoms with Crippen molar-refractivity contribution in [2.24, 2.45) is 0 Å². The molecule has 1 heterocycles. The predicted molar refractivity (Wildman–Crippen MR) is 181 cm³/mol. The maximum Gasteiger partial charge on any atom is 0.338 e. The first kappa shape index (κ1) is 35.3. The van der Waals surface area contributed by atoms with Crippen molar-refractivity contribution in [2.75, 3.05) is 19.8 Å². The highest BCUT2D eigenvalue weighted by Crippen LogP contribution is 2.32. The Morgan fingerprint density at radius 1 is 0.646 bits per heavy atom. The first-order valence-corrected chi connectivity index (χ1v) is 16.7. The van der Waals surface area contributed by atoms with Gasteiger partial charge in [0.2, 0.25) is 0 Å². The number of benzene rings is 4. The molecule has 0 spiro atoms. The van der Waals surface area contributed by atoms with E-state index in [4.69, 9.17) is 38.0 Å². The van der Waals surface area contributed by atoms with Gasteiger partial charge in [-0.25, -0.2) is 4.79 Å². The van der Waals surface area contributed by atoms with Crippen LogP contribution >= 0.6 is 9.03 Å². The molecule has 10 heteroatoms. The third-order valence-corrected chi connectivity index (χ3v) is 8.23. The molecule has 0 bridgehead atoms. The minimum Gasteiger partial charge on any atom is -0.453 e. The van der Waals surface area contributed by atoms with Gasteiger partial charge in [0.25, 0.3) is 0 Å². The molecule has 48 heavy (non-hydrogen) atoms. The lowest BCUT2D eigenvalue weighted by Gasteiger charge is -2.45. The molecule has 1 fully saturated rings. The monoisotopic (exact) mass is 669 g/mol. The van der Waals surface area contributed by atoms with Gasteiger partial charge in [0.1, 0.15) is 24.4 Å². The molecular weight excluding hydrogens is 629 g/mol. The quantitative estimate of drug-likeness (QED) is 0.0641. The molecule has 4 unspecified atom stereocenters. The van der Waals surface area contributed by atoms with Crippen LogP contribution < -0.4 is 0 Å². The molecule has 5 rings (SSSR count). The standard InChI is InChI=1S/C38H40NO8P/c39-22-13-23-44-48-45-28-34-35(42-25-30-16-7-2-8-17-30)37(43-26-31-18-9-3-10-19-31)36(47-38(40)32-20-11-4-12-21-32)33(46-34)27-41-24-29-14-5-1-6-15-29/h1-12,14-21,33-37,48H,13,23-28H2/t33-,34+,35?,36?,37?/m1/s1. The minimum atomic E-state index is -0.886. The smallest absolute Gasteiger partial charge is 0.338 e. The highest BCUT2D eigenvalue weighted by molar-refractivity contribution is 7.26. The van der Waals surface area contributed by atoms with Gasteiger partial charge in [0, 0.05) is 0 Å². The van der Waals surface area contributed by atoms with Gasteiger partial charge in [-0.15, -0.1) is 0 Å². The third-order valence-electron chi connectivity index (χ3n) is 7.63. The number of nitriles is 1. The van der Waals surface area contributed by atoms with E-state index in [-0.39, 0.29) is 48.5 Å². The average Bonchev–Trinajstić information content (AvgIpc) is 3.14. The summed E-state index contributed by atoms with van der Waals surface area (Å²) in [5.74, 6) is -0.505. The highest BCUT2D eigenvalue weighted by atomic mass is 31.1. The highest BCUT2D eigenvalue weighted by Gasteiger charge is 2.50. The summed E-state index contributed by atoms with van der Waals surface area (Å²) < 4.78 is 43.7. The van der Waals surface area contributed by atoms with E-state index in [0.29, 0.717) is 12.2 Å². The summed E-state index contributed by atoms with van der Waals surface area (Å²) in [6.07, 6.45) is -3.41.